The third-order valence-electron chi connectivity index (χ3n) is 3.08. The third-order valence-corrected chi connectivity index (χ3v) is 3.41. The van der Waals surface area contributed by atoms with Crippen LogP contribution in [0.3, 0.4) is 0 Å². The summed E-state index contributed by atoms with van der Waals surface area (Å²) >= 11 is 6.10. The summed E-state index contributed by atoms with van der Waals surface area (Å²) in [5, 5.41) is 6.05. The Labute approximate surface area is 144 Å². The SMILES string of the molecule is CCCNC(=O)c1cnc(Nc2cc(C(=O)OC)ccc2Cl)nc1. The molecule has 0 aliphatic rings. The lowest BCUT2D eigenvalue weighted by Gasteiger charge is -2.09. The number of ether oxygens (including phenoxy) is 1. The lowest BCUT2D eigenvalue weighted by atomic mass is 10.2. The molecule has 1 aromatic carbocycles. The van der Waals surface area contributed by atoms with E-state index in [0.29, 0.717) is 28.4 Å². The Morgan fingerprint density at radius 1 is 1.21 bits per heavy atom. The minimum absolute atomic E-state index is 0.228. The van der Waals surface area contributed by atoms with Crippen molar-refractivity contribution in [2.75, 3.05) is 19.0 Å². The molecule has 1 amide bonds. The average Bonchev–Trinajstić information content (AvgIpc) is 2.61. The molecular weight excluding hydrogens is 332 g/mol. The minimum atomic E-state index is -0.474. The number of aromatic nitrogens is 2. The molecule has 0 saturated carbocycles. The highest BCUT2D eigenvalue weighted by Gasteiger charge is 2.11. The van der Waals surface area contributed by atoms with E-state index in [4.69, 9.17) is 11.6 Å². The summed E-state index contributed by atoms with van der Waals surface area (Å²) in [4.78, 5) is 31.5. The van der Waals surface area contributed by atoms with Crippen LogP contribution in [0.25, 0.3) is 0 Å². The number of nitrogens with one attached hydrogen (secondary N) is 2. The molecule has 0 atom stereocenters. The first kappa shape index (κ1) is 17.7. The first-order valence-electron chi connectivity index (χ1n) is 7.30. The van der Waals surface area contributed by atoms with Crippen molar-refractivity contribution in [3.05, 3.63) is 46.7 Å². The van der Waals surface area contributed by atoms with Crippen molar-refractivity contribution in [2.24, 2.45) is 0 Å². The van der Waals surface area contributed by atoms with Crippen LogP contribution in [0.5, 0.6) is 0 Å². The molecule has 2 N–H and O–H groups in total. The van der Waals surface area contributed by atoms with Gasteiger partial charge in [0.15, 0.2) is 0 Å². The Morgan fingerprint density at radius 3 is 2.54 bits per heavy atom. The van der Waals surface area contributed by atoms with Gasteiger partial charge in [-0.15, -0.1) is 0 Å². The van der Waals surface area contributed by atoms with Gasteiger partial charge >= 0.3 is 5.97 Å². The number of carbonyl (C=O) groups is 2. The summed E-state index contributed by atoms with van der Waals surface area (Å²) in [7, 11) is 1.30. The van der Waals surface area contributed by atoms with E-state index in [1.54, 1.807) is 18.2 Å². The minimum Gasteiger partial charge on any atom is -0.465 e. The molecule has 0 aliphatic carbocycles. The highest BCUT2D eigenvalue weighted by atomic mass is 35.5. The Kier molecular flexibility index (Phi) is 6.08. The number of esters is 1. The van der Waals surface area contributed by atoms with Crippen LogP contribution >= 0.6 is 11.6 Å². The summed E-state index contributed by atoms with van der Waals surface area (Å²) in [5.41, 5.74) is 1.17. The van der Waals surface area contributed by atoms with Crippen molar-refractivity contribution in [2.45, 2.75) is 13.3 Å². The number of benzene rings is 1. The molecule has 0 spiro atoms. The Bertz CT molecular complexity index is 735. The van der Waals surface area contributed by atoms with E-state index in [2.05, 4.69) is 25.3 Å². The standard InChI is InChI=1S/C16H17ClN4O3/c1-3-6-18-14(22)11-8-19-16(20-9-11)21-13-7-10(15(23)24-2)4-5-12(13)17/h4-5,7-9H,3,6H2,1-2H3,(H,18,22)(H,19,20,21). The van der Waals surface area contributed by atoms with Crippen molar-refractivity contribution in [3.63, 3.8) is 0 Å². The second kappa shape index (κ2) is 8.26. The molecule has 0 fully saturated rings. The van der Waals surface area contributed by atoms with Crippen LogP contribution in [0.15, 0.2) is 30.6 Å². The smallest absolute Gasteiger partial charge is 0.337 e. The van der Waals surface area contributed by atoms with E-state index in [9.17, 15) is 9.59 Å². The number of carbonyl (C=O) groups excluding carboxylic acids is 2. The molecule has 1 heterocycles. The number of anilines is 2. The molecule has 0 aliphatic heterocycles. The van der Waals surface area contributed by atoms with Crippen LogP contribution in [-0.4, -0.2) is 35.5 Å². The number of hydrogen-bond donors (Lipinski definition) is 2. The van der Waals surface area contributed by atoms with E-state index in [1.165, 1.54) is 19.5 Å². The van der Waals surface area contributed by atoms with Gasteiger partial charge in [-0.3, -0.25) is 4.79 Å². The zero-order valence-corrected chi connectivity index (χ0v) is 14.1. The average molecular weight is 349 g/mol. The van der Waals surface area contributed by atoms with Gasteiger partial charge in [0.2, 0.25) is 5.95 Å². The second-order valence-electron chi connectivity index (χ2n) is 4.86. The van der Waals surface area contributed by atoms with E-state index in [1.807, 2.05) is 6.92 Å². The van der Waals surface area contributed by atoms with Crippen molar-refractivity contribution < 1.29 is 14.3 Å². The lowest BCUT2D eigenvalue weighted by Crippen LogP contribution is -2.24. The number of amides is 1. The highest BCUT2D eigenvalue weighted by Crippen LogP contribution is 2.25. The zero-order valence-electron chi connectivity index (χ0n) is 13.3. The summed E-state index contributed by atoms with van der Waals surface area (Å²) in [5.74, 6) is -0.446. The van der Waals surface area contributed by atoms with Gasteiger partial charge in [-0.1, -0.05) is 18.5 Å². The second-order valence-corrected chi connectivity index (χ2v) is 5.27. The number of hydrogen-bond acceptors (Lipinski definition) is 6. The highest BCUT2D eigenvalue weighted by molar-refractivity contribution is 6.33. The molecule has 2 rings (SSSR count). The number of methoxy groups -OCH3 is 1. The molecule has 7 nitrogen and oxygen atoms in total. The normalized spacial score (nSPS) is 10.1. The van der Waals surface area contributed by atoms with Crippen LogP contribution in [0, 0.1) is 0 Å². The molecule has 0 bridgehead atoms. The van der Waals surface area contributed by atoms with Gasteiger partial charge in [0, 0.05) is 18.9 Å². The van der Waals surface area contributed by atoms with Gasteiger partial charge in [0.1, 0.15) is 0 Å². The fourth-order valence-corrected chi connectivity index (χ4v) is 2.00. The predicted molar refractivity (Wildman–Crippen MR) is 90.7 cm³/mol. The maximum absolute atomic E-state index is 11.8. The van der Waals surface area contributed by atoms with Crippen LogP contribution in [0.4, 0.5) is 11.6 Å². The van der Waals surface area contributed by atoms with Gasteiger partial charge in [-0.2, -0.15) is 0 Å². The topological polar surface area (TPSA) is 93.2 Å². The van der Waals surface area contributed by atoms with Gasteiger partial charge in [-0.05, 0) is 24.6 Å². The molecule has 0 saturated heterocycles. The molecular formula is C16H17ClN4O3. The quantitative estimate of drug-likeness (QED) is 0.780. The van der Waals surface area contributed by atoms with E-state index in [0.717, 1.165) is 6.42 Å². The van der Waals surface area contributed by atoms with Gasteiger partial charge in [0.25, 0.3) is 5.91 Å². The van der Waals surface area contributed by atoms with Crippen molar-refractivity contribution in [1.82, 2.24) is 15.3 Å². The van der Waals surface area contributed by atoms with Gasteiger partial charge in [0.05, 0.1) is 28.9 Å². The first-order chi connectivity index (χ1) is 11.5. The van der Waals surface area contributed by atoms with Crippen LogP contribution in [0.2, 0.25) is 5.02 Å². The maximum Gasteiger partial charge on any atom is 0.337 e. The van der Waals surface area contributed by atoms with E-state index >= 15 is 0 Å². The lowest BCUT2D eigenvalue weighted by molar-refractivity contribution is 0.0600. The van der Waals surface area contributed by atoms with Crippen molar-refractivity contribution in [3.8, 4) is 0 Å². The Morgan fingerprint density at radius 2 is 1.92 bits per heavy atom. The fourth-order valence-electron chi connectivity index (χ4n) is 1.84. The molecule has 126 valence electrons. The first-order valence-corrected chi connectivity index (χ1v) is 7.68. The zero-order chi connectivity index (χ0) is 17.5. The van der Waals surface area contributed by atoms with Gasteiger partial charge < -0.3 is 15.4 Å². The molecule has 0 unspecified atom stereocenters. The number of nitrogens with zero attached hydrogens (tertiary/aromatic N) is 2. The van der Waals surface area contributed by atoms with Crippen LogP contribution in [0.1, 0.15) is 34.1 Å². The number of halogens is 1. The van der Waals surface area contributed by atoms with Crippen LogP contribution in [-0.2, 0) is 4.74 Å². The molecule has 1 aromatic heterocycles. The summed E-state index contributed by atoms with van der Waals surface area (Å²) in [6, 6.07) is 4.67. The largest absolute Gasteiger partial charge is 0.465 e. The molecule has 2 aromatic rings. The summed E-state index contributed by atoms with van der Waals surface area (Å²) < 4.78 is 4.67. The number of rotatable bonds is 6. The Hall–Kier alpha value is -2.67. The maximum atomic E-state index is 11.8. The van der Waals surface area contributed by atoms with Crippen LogP contribution < -0.4 is 10.6 Å². The summed E-state index contributed by atoms with van der Waals surface area (Å²) in [6.45, 7) is 2.56. The molecule has 0 radical (unpaired) electrons. The van der Waals surface area contributed by atoms with E-state index in [-0.39, 0.29) is 11.9 Å². The van der Waals surface area contributed by atoms with Crippen molar-refractivity contribution in [1.29, 1.82) is 0 Å². The molecule has 24 heavy (non-hydrogen) atoms. The predicted octanol–water partition coefficient (Wildman–Crippen LogP) is 2.80. The Balaban J connectivity index is 2.14. The third kappa shape index (κ3) is 4.42. The van der Waals surface area contributed by atoms with Crippen molar-refractivity contribution >= 4 is 35.1 Å². The van der Waals surface area contributed by atoms with Gasteiger partial charge in [-0.25, -0.2) is 14.8 Å². The monoisotopic (exact) mass is 348 g/mol. The molecule has 8 heteroatoms. The summed E-state index contributed by atoms with van der Waals surface area (Å²) in [6.07, 6.45) is 3.68. The fraction of sp³-hybridized carbons (Fsp3) is 0.250. The van der Waals surface area contributed by atoms with E-state index < -0.39 is 5.97 Å².